The summed E-state index contributed by atoms with van der Waals surface area (Å²) in [4.78, 5) is 15.5. The predicted octanol–water partition coefficient (Wildman–Crippen LogP) is 3.09. The number of aliphatic carboxylic acids is 1. The van der Waals surface area contributed by atoms with Gasteiger partial charge >= 0.3 is 5.97 Å². The Bertz CT molecular complexity index is 524. The van der Waals surface area contributed by atoms with E-state index < -0.39 is 5.97 Å². The van der Waals surface area contributed by atoms with Crippen molar-refractivity contribution in [3.8, 4) is 10.4 Å². The molecular formula is C11H8ClNO2S. The van der Waals surface area contributed by atoms with E-state index in [-0.39, 0.29) is 6.42 Å². The molecular weight excluding hydrogens is 246 g/mol. The van der Waals surface area contributed by atoms with Gasteiger partial charge in [-0.15, -0.1) is 11.3 Å². The first-order valence-electron chi connectivity index (χ1n) is 4.57. The normalized spacial score (nSPS) is 10.3. The van der Waals surface area contributed by atoms with Crippen molar-refractivity contribution >= 4 is 28.9 Å². The third-order valence-corrected chi connectivity index (χ3v) is 3.31. The van der Waals surface area contributed by atoms with Crippen molar-refractivity contribution < 1.29 is 9.90 Å². The molecule has 16 heavy (non-hydrogen) atoms. The Balaban J connectivity index is 2.45. The number of aromatic nitrogens is 1. The van der Waals surface area contributed by atoms with Crippen molar-refractivity contribution in [3.63, 3.8) is 0 Å². The molecule has 0 unspecified atom stereocenters. The smallest absolute Gasteiger partial charge is 0.309 e. The van der Waals surface area contributed by atoms with Crippen molar-refractivity contribution in [2.75, 3.05) is 0 Å². The van der Waals surface area contributed by atoms with Gasteiger partial charge < -0.3 is 5.11 Å². The Morgan fingerprint density at radius 3 is 2.88 bits per heavy atom. The van der Waals surface area contributed by atoms with Crippen LogP contribution in [0.1, 0.15) is 5.69 Å². The maximum Gasteiger partial charge on any atom is 0.309 e. The van der Waals surface area contributed by atoms with E-state index in [2.05, 4.69) is 4.98 Å². The minimum atomic E-state index is -0.890. The van der Waals surface area contributed by atoms with Crippen LogP contribution in [0.4, 0.5) is 0 Å². The highest BCUT2D eigenvalue weighted by atomic mass is 35.5. The summed E-state index contributed by atoms with van der Waals surface area (Å²) in [6, 6.07) is 7.34. The molecule has 0 bridgehead atoms. The number of benzene rings is 1. The van der Waals surface area contributed by atoms with Crippen LogP contribution in [0.25, 0.3) is 10.4 Å². The standard InChI is InChI=1S/C11H8ClNO2S/c12-8-4-2-1-3-7(8)11-9(5-10(14)15)13-6-16-11/h1-4,6H,5H2,(H,14,15). The first kappa shape index (κ1) is 11.1. The lowest BCUT2D eigenvalue weighted by Gasteiger charge is -2.02. The number of thiazole rings is 1. The van der Waals surface area contributed by atoms with E-state index in [1.165, 1.54) is 11.3 Å². The third kappa shape index (κ3) is 2.23. The average Bonchev–Trinajstić information content (AvgIpc) is 2.66. The molecule has 1 heterocycles. The van der Waals surface area contributed by atoms with Crippen molar-refractivity contribution in [2.24, 2.45) is 0 Å². The van der Waals surface area contributed by atoms with Gasteiger partial charge in [-0.25, -0.2) is 4.98 Å². The molecule has 1 aromatic heterocycles. The fourth-order valence-corrected chi connectivity index (χ4v) is 2.54. The summed E-state index contributed by atoms with van der Waals surface area (Å²) in [6.45, 7) is 0. The molecule has 0 fully saturated rings. The third-order valence-electron chi connectivity index (χ3n) is 2.08. The fourth-order valence-electron chi connectivity index (χ4n) is 1.40. The van der Waals surface area contributed by atoms with Crippen LogP contribution >= 0.6 is 22.9 Å². The van der Waals surface area contributed by atoms with E-state index in [1.807, 2.05) is 18.2 Å². The van der Waals surface area contributed by atoms with Gasteiger partial charge in [0.2, 0.25) is 0 Å². The minimum absolute atomic E-state index is 0.0793. The zero-order valence-electron chi connectivity index (χ0n) is 8.18. The lowest BCUT2D eigenvalue weighted by molar-refractivity contribution is -0.136. The SMILES string of the molecule is O=C(O)Cc1ncsc1-c1ccccc1Cl. The molecule has 1 N–H and O–H groups in total. The summed E-state index contributed by atoms with van der Waals surface area (Å²) < 4.78 is 0. The Morgan fingerprint density at radius 1 is 1.44 bits per heavy atom. The lowest BCUT2D eigenvalue weighted by Crippen LogP contribution is -2.01. The van der Waals surface area contributed by atoms with E-state index in [0.717, 1.165) is 10.4 Å². The summed E-state index contributed by atoms with van der Waals surface area (Å²) in [5.41, 5.74) is 3.03. The van der Waals surface area contributed by atoms with Gasteiger partial charge in [0.25, 0.3) is 0 Å². The fraction of sp³-hybridized carbons (Fsp3) is 0.0909. The maximum atomic E-state index is 10.7. The van der Waals surface area contributed by atoms with Crippen LogP contribution in [0.5, 0.6) is 0 Å². The Kier molecular flexibility index (Phi) is 3.22. The van der Waals surface area contributed by atoms with Crippen LogP contribution < -0.4 is 0 Å². The Labute approximate surface area is 101 Å². The second kappa shape index (κ2) is 4.63. The first-order chi connectivity index (χ1) is 7.68. The number of carboxylic acid groups (broad SMARTS) is 1. The minimum Gasteiger partial charge on any atom is -0.481 e. The van der Waals surface area contributed by atoms with Gasteiger partial charge in [0.05, 0.1) is 22.5 Å². The van der Waals surface area contributed by atoms with Gasteiger partial charge in [0.1, 0.15) is 0 Å². The number of rotatable bonds is 3. The van der Waals surface area contributed by atoms with Gasteiger partial charge in [0, 0.05) is 10.6 Å². The van der Waals surface area contributed by atoms with E-state index in [4.69, 9.17) is 16.7 Å². The van der Waals surface area contributed by atoms with Crippen LogP contribution in [0.3, 0.4) is 0 Å². The topological polar surface area (TPSA) is 50.2 Å². The zero-order chi connectivity index (χ0) is 11.5. The molecule has 0 aliphatic carbocycles. The number of nitrogens with zero attached hydrogens (tertiary/aromatic N) is 1. The van der Waals surface area contributed by atoms with Crippen LogP contribution in [0.2, 0.25) is 5.02 Å². The number of carbonyl (C=O) groups is 1. The summed E-state index contributed by atoms with van der Waals surface area (Å²) in [6.07, 6.45) is -0.0793. The molecule has 5 heteroatoms. The van der Waals surface area contributed by atoms with Crippen molar-refractivity contribution in [1.29, 1.82) is 0 Å². The van der Waals surface area contributed by atoms with Crippen LogP contribution in [-0.2, 0) is 11.2 Å². The molecule has 82 valence electrons. The molecule has 0 aliphatic rings. The number of hydrogen-bond acceptors (Lipinski definition) is 3. The van der Waals surface area contributed by atoms with Crippen LogP contribution in [-0.4, -0.2) is 16.1 Å². The summed E-state index contributed by atoms with van der Waals surface area (Å²) >= 11 is 7.46. The van der Waals surface area contributed by atoms with Gasteiger partial charge in [-0.1, -0.05) is 29.8 Å². The Hall–Kier alpha value is -1.39. The predicted molar refractivity (Wildman–Crippen MR) is 63.9 cm³/mol. The highest BCUT2D eigenvalue weighted by molar-refractivity contribution is 7.13. The molecule has 2 rings (SSSR count). The Morgan fingerprint density at radius 2 is 2.19 bits per heavy atom. The summed E-state index contributed by atoms with van der Waals surface area (Å²) in [5, 5.41) is 9.37. The molecule has 0 saturated heterocycles. The average molecular weight is 254 g/mol. The van der Waals surface area contributed by atoms with Crippen molar-refractivity contribution in [1.82, 2.24) is 4.98 Å². The van der Waals surface area contributed by atoms with E-state index in [0.29, 0.717) is 10.7 Å². The second-order valence-corrected chi connectivity index (χ2v) is 4.44. The second-order valence-electron chi connectivity index (χ2n) is 3.18. The lowest BCUT2D eigenvalue weighted by atomic mass is 10.1. The maximum absolute atomic E-state index is 10.7. The van der Waals surface area contributed by atoms with Gasteiger partial charge in [-0.3, -0.25) is 4.79 Å². The largest absolute Gasteiger partial charge is 0.481 e. The van der Waals surface area contributed by atoms with Crippen molar-refractivity contribution in [3.05, 3.63) is 40.5 Å². The molecule has 0 radical (unpaired) electrons. The van der Waals surface area contributed by atoms with Gasteiger partial charge in [-0.05, 0) is 6.07 Å². The first-order valence-corrected chi connectivity index (χ1v) is 5.83. The van der Waals surface area contributed by atoms with Crippen molar-refractivity contribution in [2.45, 2.75) is 6.42 Å². The molecule has 0 spiro atoms. The molecule has 0 saturated carbocycles. The summed E-state index contributed by atoms with van der Waals surface area (Å²) in [7, 11) is 0. The molecule has 1 aromatic carbocycles. The van der Waals surface area contributed by atoms with E-state index in [9.17, 15) is 4.79 Å². The molecule has 2 aromatic rings. The van der Waals surface area contributed by atoms with E-state index in [1.54, 1.807) is 11.6 Å². The van der Waals surface area contributed by atoms with Gasteiger partial charge in [0.15, 0.2) is 0 Å². The highest BCUT2D eigenvalue weighted by Gasteiger charge is 2.13. The molecule has 0 aliphatic heterocycles. The molecule has 0 amide bonds. The number of hydrogen-bond donors (Lipinski definition) is 1. The highest BCUT2D eigenvalue weighted by Crippen LogP contribution is 2.33. The number of halogens is 1. The molecule has 3 nitrogen and oxygen atoms in total. The molecule has 0 atom stereocenters. The monoisotopic (exact) mass is 253 g/mol. The number of carboxylic acids is 1. The summed E-state index contributed by atoms with van der Waals surface area (Å²) in [5.74, 6) is -0.890. The van der Waals surface area contributed by atoms with Crippen LogP contribution in [0.15, 0.2) is 29.8 Å². The quantitative estimate of drug-likeness (QED) is 0.915. The zero-order valence-corrected chi connectivity index (χ0v) is 9.76. The van der Waals surface area contributed by atoms with Crippen LogP contribution in [0, 0.1) is 0 Å². The van der Waals surface area contributed by atoms with E-state index >= 15 is 0 Å². The van der Waals surface area contributed by atoms with Gasteiger partial charge in [-0.2, -0.15) is 0 Å².